The summed E-state index contributed by atoms with van der Waals surface area (Å²) in [6.07, 6.45) is 8.58. The van der Waals surface area contributed by atoms with Crippen LogP contribution in [0.4, 0.5) is 0 Å². The molecule has 0 radical (unpaired) electrons. The first-order valence-corrected chi connectivity index (χ1v) is 7.06. The van der Waals surface area contributed by atoms with Crippen molar-refractivity contribution in [2.75, 3.05) is 6.61 Å². The van der Waals surface area contributed by atoms with E-state index in [4.69, 9.17) is 4.74 Å². The smallest absolute Gasteiger partial charge is 0.336 e. The van der Waals surface area contributed by atoms with Crippen LogP contribution in [0.5, 0.6) is 0 Å². The minimum Gasteiger partial charge on any atom is -0.464 e. The molecule has 1 aliphatic rings. The largest absolute Gasteiger partial charge is 0.464 e. The molecular formula is C16H25NO2. The van der Waals surface area contributed by atoms with Crippen molar-refractivity contribution < 1.29 is 9.53 Å². The number of esters is 1. The molecule has 0 aromatic heterocycles. The lowest BCUT2D eigenvalue weighted by atomic mass is 10.1. The quantitative estimate of drug-likeness (QED) is 0.493. The van der Waals surface area contributed by atoms with Crippen molar-refractivity contribution in [3.05, 3.63) is 23.3 Å². The monoisotopic (exact) mass is 263 g/mol. The van der Waals surface area contributed by atoms with Gasteiger partial charge in [0.25, 0.3) is 0 Å². The lowest BCUT2D eigenvalue weighted by molar-refractivity contribution is -0.142. The molecule has 0 bridgehead atoms. The molecule has 0 saturated heterocycles. The topological polar surface area (TPSA) is 38.7 Å². The second kappa shape index (κ2) is 7.93. The van der Waals surface area contributed by atoms with E-state index in [1.807, 2.05) is 6.92 Å². The molecule has 0 spiro atoms. The molecule has 3 nitrogen and oxygen atoms in total. The molecule has 0 aromatic carbocycles. The normalized spacial score (nSPS) is 17.8. The van der Waals surface area contributed by atoms with Crippen LogP contribution in [0.2, 0.25) is 0 Å². The van der Waals surface area contributed by atoms with Crippen LogP contribution in [-0.2, 0) is 9.53 Å². The zero-order chi connectivity index (χ0) is 14.3. The van der Waals surface area contributed by atoms with Gasteiger partial charge in [-0.1, -0.05) is 23.3 Å². The molecule has 1 atom stereocenters. The van der Waals surface area contributed by atoms with Crippen molar-refractivity contribution >= 4 is 11.7 Å². The predicted octanol–water partition coefficient (Wildman–Crippen LogP) is 3.85. The molecular weight excluding hydrogens is 238 g/mol. The van der Waals surface area contributed by atoms with Gasteiger partial charge in [-0.25, -0.2) is 4.79 Å². The first-order valence-electron chi connectivity index (χ1n) is 7.06. The summed E-state index contributed by atoms with van der Waals surface area (Å²) in [5.74, 6) is -0.193. The molecule has 106 valence electrons. The third kappa shape index (κ3) is 6.37. The molecule has 0 N–H and O–H groups in total. The average Bonchev–Trinajstić information content (AvgIpc) is 3.08. The van der Waals surface area contributed by atoms with Crippen LogP contribution in [-0.4, -0.2) is 24.3 Å². The van der Waals surface area contributed by atoms with Gasteiger partial charge in [0, 0.05) is 0 Å². The molecule has 0 amide bonds. The van der Waals surface area contributed by atoms with Gasteiger partial charge < -0.3 is 4.74 Å². The minimum atomic E-state index is -0.265. The molecule has 1 aliphatic heterocycles. The molecule has 0 aromatic rings. The van der Waals surface area contributed by atoms with Gasteiger partial charge in [0.15, 0.2) is 6.04 Å². The van der Waals surface area contributed by atoms with Gasteiger partial charge in [-0.2, -0.15) is 0 Å². The lowest BCUT2D eigenvalue weighted by Gasteiger charge is -1.99. The maximum Gasteiger partial charge on any atom is 0.336 e. The van der Waals surface area contributed by atoms with Gasteiger partial charge in [-0.05, 0) is 53.4 Å². The number of carbonyl (C=O) groups excluding carboxylic acids is 1. The van der Waals surface area contributed by atoms with E-state index < -0.39 is 0 Å². The van der Waals surface area contributed by atoms with Crippen molar-refractivity contribution in [2.24, 2.45) is 4.99 Å². The Morgan fingerprint density at radius 1 is 1.26 bits per heavy atom. The lowest BCUT2D eigenvalue weighted by Crippen LogP contribution is -2.16. The Labute approximate surface area is 116 Å². The van der Waals surface area contributed by atoms with Crippen LogP contribution < -0.4 is 0 Å². The van der Waals surface area contributed by atoms with Gasteiger partial charge in [0.2, 0.25) is 0 Å². The summed E-state index contributed by atoms with van der Waals surface area (Å²) in [6, 6.07) is -0.265. The summed E-state index contributed by atoms with van der Waals surface area (Å²) in [6.45, 7) is 8.66. The van der Waals surface area contributed by atoms with E-state index in [2.05, 4.69) is 37.9 Å². The van der Waals surface area contributed by atoms with Crippen LogP contribution in [0, 0.1) is 0 Å². The predicted molar refractivity (Wildman–Crippen MR) is 79.5 cm³/mol. The van der Waals surface area contributed by atoms with E-state index in [9.17, 15) is 4.79 Å². The fourth-order valence-corrected chi connectivity index (χ4v) is 1.90. The number of hydrogen-bond acceptors (Lipinski definition) is 3. The summed E-state index contributed by atoms with van der Waals surface area (Å²) < 4.78 is 4.92. The van der Waals surface area contributed by atoms with Crippen molar-refractivity contribution in [1.82, 2.24) is 0 Å². The summed E-state index contributed by atoms with van der Waals surface area (Å²) >= 11 is 0. The van der Waals surface area contributed by atoms with Crippen LogP contribution >= 0.6 is 0 Å². The van der Waals surface area contributed by atoms with E-state index in [0.29, 0.717) is 6.61 Å². The maximum absolute atomic E-state index is 11.4. The highest BCUT2D eigenvalue weighted by Crippen LogP contribution is 2.19. The van der Waals surface area contributed by atoms with E-state index in [1.54, 1.807) is 0 Å². The van der Waals surface area contributed by atoms with Crippen molar-refractivity contribution in [2.45, 2.75) is 59.4 Å². The van der Waals surface area contributed by atoms with Crippen molar-refractivity contribution in [1.29, 1.82) is 0 Å². The number of aliphatic imine (C=N–C) groups is 1. The third-order valence-electron chi connectivity index (χ3n) is 3.04. The fraction of sp³-hybridized carbons (Fsp3) is 0.625. The third-order valence-corrected chi connectivity index (χ3v) is 3.04. The number of hydrogen-bond donors (Lipinski definition) is 0. The first-order chi connectivity index (χ1) is 9.04. The summed E-state index contributed by atoms with van der Waals surface area (Å²) in [5.41, 5.74) is 3.77. The molecule has 1 heterocycles. The van der Waals surface area contributed by atoms with Gasteiger partial charge in [0.1, 0.15) is 0 Å². The van der Waals surface area contributed by atoms with Gasteiger partial charge >= 0.3 is 5.97 Å². The van der Waals surface area contributed by atoms with Crippen LogP contribution in [0.15, 0.2) is 28.3 Å². The maximum atomic E-state index is 11.4. The molecule has 0 fully saturated rings. The Bertz CT molecular complexity index is 401. The highest BCUT2D eigenvalue weighted by molar-refractivity contribution is 6.16. The standard InChI is InChI=1S/C16H25NO2/c1-5-19-16(18)15-14(17-15)11-7-10-13(4)9-6-8-12(2)3/h8,10,15H,5-7,9,11H2,1-4H3/b13-10+. The molecule has 1 rings (SSSR count). The molecule has 0 aliphatic carbocycles. The average molecular weight is 263 g/mol. The Balaban J connectivity index is 2.15. The Morgan fingerprint density at radius 2 is 2.00 bits per heavy atom. The zero-order valence-electron chi connectivity index (χ0n) is 12.5. The van der Waals surface area contributed by atoms with Crippen LogP contribution in [0.25, 0.3) is 0 Å². The van der Waals surface area contributed by atoms with Gasteiger partial charge in [0.05, 0.1) is 12.3 Å². The molecule has 19 heavy (non-hydrogen) atoms. The number of nitrogens with zero attached hydrogens (tertiary/aromatic N) is 1. The van der Waals surface area contributed by atoms with E-state index in [-0.39, 0.29) is 12.0 Å². The number of allylic oxidation sites excluding steroid dienone is 4. The van der Waals surface area contributed by atoms with E-state index in [1.165, 1.54) is 11.1 Å². The van der Waals surface area contributed by atoms with Gasteiger partial charge in [-0.3, -0.25) is 4.99 Å². The summed E-state index contributed by atoms with van der Waals surface area (Å²) in [4.78, 5) is 15.5. The molecule has 1 unspecified atom stereocenters. The molecule has 3 heteroatoms. The van der Waals surface area contributed by atoms with Crippen molar-refractivity contribution in [3.63, 3.8) is 0 Å². The van der Waals surface area contributed by atoms with Gasteiger partial charge in [-0.15, -0.1) is 0 Å². The second-order valence-electron chi connectivity index (χ2n) is 5.18. The second-order valence-corrected chi connectivity index (χ2v) is 5.18. The van der Waals surface area contributed by atoms with E-state index >= 15 is 0 Å². The summed E-state index contributed by atoms with van der Waals surface area (Å²) in [5, 5.41) is 0. The Hall–Kier alpha value is -1.38. The number of ether oxygens (including phenoxy) is 1. The van der Waals surface area contributed by atoms with E-state index in [0.717, 1.165) is 31.4 Å². The van der Waals surface area contributed by atoms with Crippen LogP contribution in [0.1, 0.15) is 53.4 Å². The fourth-order valence-electron chi connectivity index (χ4n) is 1.90. The highest BCUT2D eigenvalue weighted by Gasteiger charge is 2.35. The number of carbonyl (C=O) groups is 1. The first kappa shape index (κ1) is 15.7. The Kier molecular flexibility index (Phi) is 6.54. The van der Waals surface area contributed by atoms with Crippen LogP contribution in [0.3, 0.4) is 0 Å². The minimum absolute atomic E-state index is 0.193. The zero-order valence-corrected chi connectivity index (χ0v) is 12.5. The number of rotatable bonds is 8. The molecule has 0 saturated carbocycles. The highest BCUT2D eigenvalue weighted by atomic mass is 16.5. The Morgan fingerprint density at radius 3 is 2.63 bits per heavy atom. The van der Waals surface area contributed by atoms with Crippen molar-refractivity contribution in [3.8, 4) is 0 Å². The summed E-state index contributed by atoms with van der Waals surface area (Å²) in [7, 11) is 0. The SMILES string of the molecule is CCOC(=O)C1N=C1CC/C=C(\C)CCC=C(C)C.